The third-order valence-corrected chi connectivity index (χ3v) is 6.61. The molecule has 0 radical (unpaired) electrons. The Kier molecular flexibility index (Phi) is 4.38. The average molecular weight is 367 g/mol. The number of rotatable bonds is 4. The molecule has 5 heterocycles. The van der Waals surface area contributed by atoms with Crippen LogP contribution in [0.4, 0.5) is 5.82 Å². The molecule has 2 saturated heterocycles. The summed E-state index contributed by atoms with van der Waals surface area (Å²) in [6, 6.07) is 2.18. The summed E-state index contributed by atoms with van der Waals surface area (Å²) >= 11 is 0. The summed E-state index contributed by atoms with van der Waals surface area (Å²) in [5, 5.41) is 4.61. The average Bonchev–Trinajstić information content (AvgIpc) is 3.36. The van der Waals surface area contributed by atoms with Crippen LogP contribution < -0.4 is 4.90 Å². The van der Waals surface area contributed by atoms with Gasteiger partial charge >= 0.3 is 0 Å². The Bertz CT molecular complexity index is 799. The molecular formula is C21H30N6. The third-order valence-electron chi connectivity index (χ3n) is 6.61. The fourth-order valence-electron chi connectivity index (χ4n) is 5.12. The van der Waals surface area contributed by atoms with Gasteiger partial charge in [-0.15, -0.1) is 0 Å². The van der Waals surface area contributed by atoms with Crippen LogP contribution in [0.5, 0.6) is 0 Å². The number of aromatic nitrogens is 4. The van der Waals surface area contributed by atoms with Gasteiger partial charge in [0, 0.05) is 62.3 Å². The summed E-state index contributed by atoms with van der Waals surface area (Å²) in [5.41, 5.74) is 4.09. The molecule has 2 unspecified atom stereocenters. The van der Waals surface area contributed by atoms with Gasteiger partial charge in [-0.25, -0.2) is 9.97 Å². The Morgan fingerprint density at radius 2 is 1.89 bits per heavy atom. The van der Waals surface area contributed by atoms with Crippen LogP contribution in [0.15, 0.2) is 18.6 Å². The monoisotopic (exact) mass is 366 g/mol. The molecule has 0 N–H and O–H groups in total. The fraction of sp³-hybridized carbons (Fsp3) is 0.667. The minimum Gasteiger partial charge on any atom is -0.356 e. The van der Waals surface area contributed by atoms with Gasteiger partial charge in [0.25, 0.3) is 0 Å². The Balaban J connectivity index is 1.22. The summed E-state index contributed by atoms with van der Waals surface area (Å²) in [5.74, 6) is 3.08. The van der Waals surface area contributed by atoms with Crippen molar-refractivity contribution in [2.24, 2.45) is 11.8 Å². The lowest BCUT2D eigenvalue weighted by molar-refractivity contribution is 0.306. The summed E-state index contributed by atoms with van der Waals surface area (Å²) in [6.07, 6.45) is 7.65. The third kappa shape index (κ3) is 3.24. The van der Waals surface area contributed by atoms with E-state index in [1.807, 2.05) is 0 Å². The summed E-state index contributed by atoms with van der Waals surface area (Å²) in [6.45, 7) is 11.2. The predicted octanol–water partition coefficient (Wildman–Crippen LogP) is 2.70. The minimum atomic E-state index is 0.450. The van der Waals surface area contributed by atoms with Gasteiger partial charge in [0.2, 0.25) is 0 Å². The smallest absolute Gasteiger partial charge is 0.132 e. The van der Waals surface area contributed by atoms with Crippen LogP contribution in [-0.2, 0) is 19.5 Å². The number of fused-ring (bicyclic) bond motifs is 2. The van der Waals surface area contributed by atoms with Gasteiger partial charge in [-0.05, 0) is 37.0 Å². The lowest BCUT2D eigenvalue weighted by Gasteiger charge is -2.23. The van der Waals surface area contributed by atoms with Gasteiger partial charge in [0.15, 0.2) is 0 Å². The molecule has 0 amide bonds. The van der Waals surface area contributed by atoms with Gasteiger partial charge in [-0.2, -0.15) is 5.10 Å². The van der Waals surface area contributed by atoms with Gasteiger partial charge in [0.05, 0.1) is 6.20 Å². The molecule has 0 aromatic carbocycles. The van der Waals surface area contributed by atoms with E-state index in [1.165, 1.54) is 43.6 Å². The topological polar surface area (TPSA) is 50.1 Å². The van der Waals surface area contributed by atoms with Gasteiger partial charge in [0.1, 0.15) is 12.1 Å². The summed E-state index contributed by atoms with van der Waals surface area (Å²) < 4.78 is 2.24. The molecule has 6 nitrogen and oxygen atoms in total. The highest BCUT2D eigenvalue weighted by Gasteiger charge is 2.40. The van der Waals surface area contributed by atoms with E-state index in [9.17, 15) is 0 Å². The zero-order valence-corrected chi connectivity index (χ0v) is 16.5. The van der Waals surface area contributed by atoms with E-state index in [-0.39, 0.29) is 0 Å². The van der Waals surface area contributed by atoms with E-state index in [1.54, 1.807) is 6.33 Å². The summed E-state index contributed by atoms with van der Waals surface area (Å²) in [4.78, 5) is 14.1. The van der Waals surface area contributed by atoms with E-state index in [2.05, 4.69) is 55.7 Å². The molecular weight excluding hydrogens is 336 g/mol. The maximum atomic E-state index is 4.61. The normalized spacial score (nSPS) is 25.2. The van der Waals surface area contributed by atoms with Crippen molar-refractivity contribution >= 4 is 5.82 Å². The number of hydrogen-bond acceptors (Lipinski definition) is 5. The molecule has 0 bridgehead atoms. The first-order valence-electron chi connectivity index (χ1n) is 10.5. The fourth-order valence-corrected chi connectivity index (χ4v) is 5.12. The van der Waals surface area contributed by atoms with Crippen molar-refractivity contribution in [3.8, 4) is 0 Å². The zero-order chi connectivity index (χ0) is 18.4. The van der Waals surface area contributed by atoms with Crippen molar-refractivity contribution in [1.29, 1.82) is 0 Å². The first-order chi connectivity index (χ1) is 13.2. The predicted molar refractivity (Wildman–Crippen MR) is 106 cm³/mol. The van der Waals surface area contributed by atoms with Crippen molar-refractivity contribution in [2.75, 3.05) is 31.1 Å². The molecule has 3 aliphatic heterocycles. The molecule has 144 valence electrons. The van der Waals surface area contributed by atoms with E-state index in [0.717, 1.165) is 49.5 Å². The number of anilines is 1. The Hall–Kier alpha value is -1.95. The standard InChI is InChI=1S/C21H30N6/c1-15(2)19-7-21(23-14-22-19)26-12-17-10-25(11-18(17)13-26)9-16-8-24-27-6-4-3-5-20(16)27/h7-8,14-15,17-18H,3-6,9-13H2,1-2H3. The van der Waals surface area contributed by atoms with Crippen molar-refractivity contribution in [3.63, 3.8) is 0 Å². The van der Waals surface area contributed by atoms with Crippen LogP contribution in [-0.4, -0.2) is 50.8 Å². The molecule has 0 spiro atoms. The lowest BCUT2D eigenvalue weighted by Crippen LogP contribution is -2.29. The van der Waals surface area contributed by atoms with Crippen LogP contribution in [0.3, 0.4) is 0 Å². The lowest BCUT2D eigenvalue weighted by atomic mass is 10.0. The van der Waals surface area contributed by atoms with Gasteiger partial charge < -0.3 is 4.90 Å². The molecule has 27 heavy (non-hydrogen) atoms. The molecule has 2 fully saturated rings. The van der Waals surface area contributed by atoms with Crippen molar-refractivity contribution in [1.82, 2.24) is 24.6 Å². The quantitative estimate of drug-likeness (QED) is 0.833. The first kappa shape index (κ1) is 17.2. The van der Waals surface area contributed by atoms with E-state index < -0.39 is 0 Å². The molecule has 0 saturated carbocycles. The highest BCUT2D eigenvalue weighted by Crippen LogP contribution is 2.34. The minimum absolute atomic E-state index is 0.450. The Morgan fingerprint density at radius 3 is 2.67 bits per heavy atom. The number of likely N-dealkylation sites (tertiary alicyclic amines) is 1. The van der Waals surface area contributed by atoms with Crippen molar-refractivity contribution in [2.45, 2.75) is 52.1 Å². The largest absolute Gasteiger partial charge is 0.356 e. The molecule has 5 rings (SSSR count). The second-order valence-corrected chi connectivity index (χ2v) is 8.87. The Morgan fingerprint density at radius 1 is 1.07 bits per heavy atom. The van der Waals surface area contributed by atoms with Crippen molar-refractivity contribution < 1.29 is 0 Å². The molecule has 6 heteroatoms. The summed E-state index contributed by atoms with van der Waals surface area (Å²) in [7, 11) is 0. The second kappa shape index (κ2) is 6.89. The molecule has 2 aromatic rings. The molecule has 0 aliphatic carbocycles. The maximum Gasteiger partial charge on any atom is 0.132 e. The molecule has 2 atom stereocenters. The second-order valence-electron chi connectivity index (χ2n) is 8.87. The van der Waals surface area contributed by atoms with Crippen LogP contribution in [0, 0.1) is 11.8 Å². The van der Waals surface area contributed by atoms with Crippen LogP contribution >= 0.6 is 0 Å². The molecule has 3 aliphatic rings. The SMILES string of the molecule is CC(C)c1cc(N2CC3CN(Cc4cnn5c4CCCC5)CC3C2)ncn1. The maximum absolute atomic E-state index is 4.61. The van der Waals surface area contributed by atoms with E-state index >= 15 is 0 Å². The zero-order valence-electron chi connectivity index (χ0n) is 16.5. The molecule has 2 aromatic heterocycles. The highest BCUT2D eigenvalue weighted by atomic mass is 15.3. The number of nitrogens with zero attached hydrogens (tertiary/aromatic N) is 6. The van der Waals surface area contributed by atoms with Crippen molar-refractivity contribution in [3.05, 3.63) is 35.5 Å². The highest BCUT2D eigenvalue weighted by molar-refractivity contribution is 5.41. The van der Waals surface area contributed by atoms with E-state index in [0.29, 0.717) is 5.92 Å². The van der Waals surface area contributed by atoms with Crippen LogP contribution in [0.25, 0.3) is 0 Å². The van der Waals surface area contributed by atoms with Crippen LogP contribution in [0.2, 0.25) is 0 Å². The Labute approximate surface area is 161 Å². The number of aryl methyl sites for hydroxylation is 1. The van der Waals surface area contributed by atoms with E-state index in [4.69, 9.17) is 0 Å². The van der Waals surface area contributed by atoms with Gasteiger partial charge in [-0.1, -0.05) is 13.8 Å². The first-order valence-corrected chi connectivity index (χ1v) is 10.5. The van der Waals surface area contributed by atoms with Crippen LogP contribution in [0.1, 0.15) is 49.6 Å². The number of hydrogen-bond donors (Lipinski definition) is 0. The van der Waals surface area contributed by atoms with Gasteiger partial charge in [-0.3, -0.25) is 9.58 Å².